The highest BCUT2D eigenvalue weighted by Crippen LogP contribution is 2.38. The summed E-state index contributed by atoms with van der Waals surface area (Å²) in [5, 5.41) is 10.5. The van der Waals surface area contributed by atoms with Crippen LogP contribution in [0.25, 0.3) is 22.0 Å². The van der Waals surface area contributed by atoms with E-state index in [1.807, 2.05) is 0 Å². The molecule has 0 unspecified atom stereocenters. The van der Waals surface area contributed by atoms with Crippen molar-refractivity contribution < 1.29 is 31.8 Å². The van der Waals surface area contributed by atoms with Crippen LogP contribution in [0.15, 0.2) is 60.9 Å². The topological polar surface area (TPSA) is 47.3 Å². The van der Waals surface area contributed by atoms with Crippen molar-refractivity contribution in [1.82, 2.24) is 9.55 Å². The van der Waals surface area contributed by atoms with E-state index in [0.717, 1.165) is 18.2 Å². The molecule has 4 nitrogen and oxygen atoms in total. The molecular formula is C22H15F5N2O2. The molecule has 9 heteroatoms. The van der Waals surface area contributed by atoms with E-state index in [4.69, 9.17) is 0 Å². The molecule has 31 heavy (non-hydrogen) atoms. The highest BCUT2D eigenvalue weighted by atomic mass is 19.4. The average Bonchev–Trinajstić information content (AvgIpc) is 3.02. The van der Waals surface area contributed by atoms with Gasteiger partial charge < -0.3 is 14.4 Å². The smallest absolute Gasteiger partial charge is 0.406 e. The first-order valence-electron chi connectivity index (χ1n) is 9.13. The first-order chi connectivity index (χ1) is 14.8. The van der Waals surface area contributed by atoms with Crippen LogP contribution in [0.1, 0.15) is 11.3 Å². The normalized spacial score (nSPS) is 11.8. The van der Waals surface area contributed by atoms with E-state index < -0.39 is 30.4 Å². The Labute approximate surface area is 173 Å². The van der Waals surface area contributed by atoms with Crippen LogP contribution in [-0.2, 0) is 13.2 Å². The Morgan fingerprint density at radius 2 is 1.71 bits per heavy atom. The zero-order valence-electron chi connectivity index (χ0n) is 15.8. The lowest BCUT2D eigenvalue weighted by atomic mass is 10.0. The molecule has 0 radical (unpaired) electrons. The van der Waals surface area contributed by atoms with Gasteiger partial charge >= 0.3 is 6.36 Å². The number of halogens is 5. The molecule has 0 saturated carbocycles. The van der Waals surface area contributed by atoms with Gasteiger partial charge in [-0.15, -0.1) is 13.2 Å². The molecule has 2 aromatic heterocycles. The molecule has 4 rings (SSSR count). The van der Waals surface area contributed by atoms with Gasteiger partial charge in [-0.05, 0) is 42.0 Å². The summed E-state index contributed by atoms with van der Waals surface area (Å²) >= 11 is 0. The molecular weight excluding hydrogens is 419 g/mol. The van der Waals surface area contributed by atoms with Crippen LogP contribution in [0.4, 0.5) is 22.0 Å². The number of hydrogen-bond acceptors (Lipinski definition) is 3. The van der Waals surface area contributed by atoms with Crippen molar-refractivity contribution in [3.63, 3.8) is 0 Å². The zero-order chi connectivity index (χ0) is 22.2. The molecule has 0 atom stereocenters. The highest BCUT2D eigenvalue weighted by molar-refractivity contribution is 5.99. The summed E-state index contributed by atoms with van der Waals surface area (Å²) in [6, 6.07) is 10.2. The van der Waals surface area contributed by atoms with Gasteiger partial charge in [0.1, 0.15) is 17.4 Å². The van der Waals surface area contributed by atoms with Gasteiger partial charge in [0.05, 0.1) is 18.8 Å². The van der Waals surface area contributed by atoms with Crippen molar-refractivity contribution in [2.45, 2.75) is 19.5 Å². The number of fused-ring (bicyclic) bond motifs is 1. The Morgan fingerprint density at radius 1 is 0.968 bits per heavy atom. The molecule has 0 bridgehead atoms. The standard InChI is InChI=1S/C22H15F5N2O2/c23-15-2-1-14(18(24)9-15)11-29-19-4-3-16(31-22(25,26)27)10-17(19)21(20(29)12-30)13-5-7-28-8-6-13/h1-10,30H,11-12H2. The molecule has 0 aliphatic heterocycles. The van der Waals surface area contributed by atoms with Crippen molar-refractivity contribution in [3.05, 3.63) is 83.8 Å². The van der Waals surface area contributed by atoms with Gasteiger partial charge in [0.15, 0.2) is 0 Å². The minimum Gasteiger partial charge on any atom is -0.406 e. The van der Waals surface area contributed by atoms with E-state index >= 15 is 0 Å². The van der Waals surface area contributed by atoms with E-state index in [1.165, 1.54) is 30.6 Å². The van der Waals surface area contributed by atoms with Crippen molar-refractivity contribution in [2.75, 3.05) is 0 Å². The maximum absolute atomic E-state index is 14.3. The summed E-state index contributed by atoms with van der Waals surface area (Å²) < 4.78 is 71.4. The lowest BCUT2D eigenvalue weighted by molar-refractivity contribution is -0.274. The SMILES string of the molecule is OCc1c(-c2ccncc2)c2cc(OC(F)(F)F)ccc2n1Cc1ccc(F)cc1F. The molecule has 2 heterocycles. The number of benzene rings is 2. The van der Waals surface area contributed by atoms with E-state index in [9.17, 15) is 27.1 Å². The number of alkyl halides is 3. The zero-order valence-corrected chi connectivity index (χ0v) is 15.8. The minimum absolute atomic E-state index is 0.0664. The second-order valence-corrected chi connectivity index (χ2v) is 6.76. The first kappa shape index (κ1) is 20.8. The number of hydrogen-bond donors (Lipinski definition) is 1. The van der Waals surface area contributed by atoms with Gasteiger partial charge in [0.2, 0.25) is 0 Å². The fourth-order valence-corrected chi connectivity index (χ4v) is 3.59. The van der Waals surface area contributed by atoms with Crippen LogP contribution in [0.2, 0.25) is 0 Å². The molecule has 160 valence electrons. The van der Waals surface area contributed by atoms with E-state index in [1.54, 1.807) is 16.7 Å². The third-order valence-corrected chi connectivity index (χ3v) is 4.84. The summed E-state index contributed by atoms with van der Waals surface area (Å²) in [6.07, 6.45) is -1.85. The van der Waals surface area contributed by atoms with E-state index in [-0.39, 0.29) is 12.1 Å². The summed E-state index contributed by atoms with van der Waals surface area (Å²) in [4.78, 5) is 3.94. The molecule has 2 aromatic carbocycles. The number of ether oxygens (including phenoxy) is 1. The Bertz CT molecular complexity index is 1240. The number of aromatic nitrogens is 2. The van der Waals surface area contributed by atoms with Gasteiger partial charge in [0.25, 0.3) is 0 Å². The Morgan fingerprint density at radius 3 is 2.35 bits per heavy atom. The maximum atomic E-state index is 14.3. The monoisotopic (exact) mass is 434 g/mol. The maximum Gasteiger partial charge on any atom is 0.573 e. The third kappa shape index (κ3) is 4.22. The minimum atomic E-state index is -4.87. The predicted molar refractivity (Wildman–Crippen MR) is 103 cm³/mol. The Balaban J connectivity index is 1.95. The van der Waals surface area contributed by atoms with Gasteiger partial charge in [-0.1, -0.05) is 6.07 Å². The number of aliphatic hydroxyl groups is 1. The van der Waals surface area contributed by atoms with Crippen LogP contribution in [0.5, 0.6) is 5.75 Å². The van der Waals surface area contributed by atoms with Crippen LogP contribution in [0, 0.1) is 11.6 Å². The lowest BCUT2D eigenvalue weighted by Gasteiger charge is -2.12. The van der Waals surface area contributed by atoms with Crippen LogP contribution in [-0.4, -0.2) is 21.0 Å². The van der Waals surface area contributed by atoms with Crippen LogP contribution < -0.4 is 4.74 Å². The number of aliphatic hydroxyl groups excluding tert-OH is 1. The molecule has 0 aliphatic rings. The molecule has 0 amide bonds. The van der Waals surface area contributed by atoms with Crippen molar-refractivity contribution in [2.24, 2.45) is 0 Å². The van der Waals surface area contributed by atoms with E-state index in [0.29, 0.717) is 27.7 Å². The van der Waals surface area contributed by atoms with Crippen molar-refractivity contribution in [1.29, 1.82) is 0 Å². The van der Waals surface area contributed by atoms with Crippen LogP contribution >= 0.6 is 0 Å². The van der Waals surface area contributed by atoms with Crippen molar-refractivity contribution in [3.8, 4) is 16.9 Å². The third-order valence-electron chi connectivity index (χ3n) is 4.84. The van der Waals surface area contributed by atoms with Gasteiger partial charge in [-0.2, -0.15) is 0 Å². The van der Waals surface area contributed by atoms with Gasteiger partial charge in [-0.3, -0.25) is 4.98 Å². The summed E-state index contributed by atoms with van der Waals surface area (Å²) in [7, 11) is 0. The Kier molecular flexibility index (Phi) is 5.36. The number of pyridine rings is 1. The molecule has 0 fully saturated rings. The quantitative estimate of drug-likeness (QED) is 0.427. The molecule has 0 spiro atoms. The summed E-state index contributed by atoms with van der Waals surface area (Å²) in [5.74, 6) is -1.93. The molecule has 1 N–H and O–H groups in total. The summed E-state index contributed by atoms with van der Waals surface area (Å²) in [6.45, 7) is -0.534. The summed E-state index contributed by atoms with van der Waals surface area (Å²) in [5.41, 5.74) is 2.04. The first-order valence-corrected chi connectivity index (χ1v) is 9.13. The van der Waals surface area contributed by atoms with E-state index in [2.05, 4.69) is 9.72 Å². The van der Waals surface area contributed by atoms with Crippen molar-refractivity contribution >= 4 is 10.9 Å². The lowest BCUT2D eigenvalue weighted by Crippen LogP contribution is -2.17. The number of rotatable bonds is 5. The number of nitrogens with zero attached hydrogens (tertiary/aromatic N) is 2. The second kappa shape index (κ2) is 7.99. The van der Waals surface area contributed by atoms with Gasteiger partial charge in [-0.25, -0.2) is 8.78 Å². The van der Waals surface area contributed by atoms with Crippen LogP contribution in [0.3, 0.4) is 0 Å². The average molecular weight is 434 g/mol. The fourth-order valence-electron chi connectivity index (χ4n) is 3.59. The second-order valence-electron chi connectivity index (χ2n) is 6.76. The van der Waals surface area contributed by atoms with Gasteiger partial charge in [0, 0.05) is 40.5 Å². The predicted octanol–water partition coefficient (Wildman–Crippen LogP) is 5.42. The molecule has 0 saturated heterocycles. The molecule has 4 aromatic rings. The molecule has 0 aliphatic carbocycles. The fraction of sp³-hybridized carbons (Fsp3) is 0.136. The largest absolute Gasteiger partial charge is 0.573 e. The Hall–Kier alpha value is -3.46. The highest BCUT2D eigenvalue weighted by Gasteiger charge is 2.31.